The molecular weight excluding hydrogens is 362 g/mol. The van der Waals surface area contributed by atoms with Crippen molar-refractivity contribution in [2.24, 2.45) is 5.92 Å². The molecule has 152 valence electrons. The summed E-state index contributed by atoms with van der Waals surface area (Å²) in [4.78, 5) is 38.4. The number of morpholine rings is 1. The quantitative estimate of drug-likeness (QED) is 0.730. The standard InChI is InChI=1S/C20H27N3O5/c1-2-27-20(26)15-7-10-23(11-8-15)19(25)14-3-5-16(6-4-14)22-18(24)17-13-21-9-12-28-17/h3-6,15,17,21H,2,7-13H2,1H3,(H,22,24). The molecule has 28 heavy (non-hydrogen) atoms. The molecule has 0 spiro atoms. The van der Waals surface area contributed by atoms with Crippen LogP contribution in [0.3, 0.4) is 0 Å². The van der Waals surface area contributed by atoms with Gasteiger partial charge in [-0.15, -0.1) is 0 Å². The van der Waals surface area contributed by atoms with E-state index in [1.807, 2.05) is 0 Å². The Hall–Kier alpha value is -2.45. The van der Waals surface area contributed by atoms with Crippen molar-refractivity contribution in [2.45, 2.75) is 25.9 Å². The number of hydrogen-bond acceptors (Lipinski definition) is 6. The highest BCUT2D eigenvalue weighted by Crippen LogP contribution is 2.21. The number of hydrogen-bond donors (Lipinski definition) is 2. The van der Waals surface area contributed by atoms with Gasteiger partial charge in [0.2, 0.25) is 0 Å². The minimum atomic E-state index is -0.504. The Bertz CT molecular complexity index is 692. The molecule has 0 saturated carbocycles. The van der Waals surface area contributed by atoms with Gasteiger partial charge in [-0.1, -0.05) is 0 Å². The molecule has 1 unspecified atom stereocenters. The van der Waals surface area contributed by atoms with Crippen LogP contribution in [0.5, 0.6) is 0 Å². The summed E-state index contributed by atoms with van der Waals surface area (Å²) in [5.74, 6) is -0.572. The first-order chi connectivity index (χ1) is 13.6. The van der Waals surface area contributed by atoms with Crippen LogP contribution in [0.25, 0.3) is 0 Å². The molecule has 1 aromatic rings. The summed E-state index contributed by atoms with van der Waals surface area (Å²) >= 11 is 0. The van der Waals surface area contributed by atoms with Crippen LogP contribution in [-0.2, 0) is 19.1 Å². The Kier molecular flexibility index (Phi) is 7.00. The molecule has 2 N–H and O–H groups in total. The van der Waals surface area contributed by atoms with Crippen LogP contribution >= 0.6 is 0 Å². The minimum absolute atomic E-state index is 0.0694. The lowest BCUT2D eigenvalue weighted by atomic mass is 9.96. The van der Waals surface area contributed by atoms with Crippen LogP contribution in [0, 0.1) is 5.92 Å². The maximum absolute atomic E-state index is 12.7. The van der Waals surface area contributed by atoms with Gasteiger partial charge in [0.15, 0.2) is 0 Å². The van der Waals surface area contributed by atoms with Crippen molar-refractivity contribution in [2.75, 3.05) is 44.7 Å². The first-order valence-electron chi connectivity index (χ1n) is 9.77. The molecule has 3 rings (SSSR count). The average molecular weight is 389 g/mol. The highest BCUT2D eigenvalue weighted by atomic mass is 16.5. The van der Waals surface area contributed by atoms with Gasteiger partial charge >= 0.3 is 5.97 Å². The highest BCUT2D eigenvalue weighted by Gasteiger charge is 2.28. The van der Waals surface area contributed by atoms with Crippen molar-refractivity contribution in [3.8, 4) is 0 Å². The molecule has 2 fully saturated rings. The Labute approximate surface area is 164 Å². The van der Waals surface area contributed by atoms with E-state index in [0.717, 1.165) is 6.54 Å². The summed E-state index contributed by atoms with van der Waals surface area (Å²) in [7, 11) is 0. The monoisotopic (exact) mass is 389 g/mol. The van der Waals surface area contributed by atoms with Gasteiger partial charge in [0.1, 0.15) is 6.10 Å². The number of rotatable bonds is 5. The van der Waals surface area contributed by atoms with Gasteiger partial charge in [-0.2, -0.15) is 0 Å². The molecule has 0 radical (unpaired) electrons. The number of nitrogens with one attached hydrogen (secondary N) is 2. The smallest absolute Gasteiger partial charge is 0.309 e. The molecule has 8 heteroatoms. The Morgan fingerprint density at radius 2 is 1.93 bits per heavy atom. The second-order valence-corrected chi connectivity index (χ2v) is 6.95. The molecule has 1 atom stereocenters. The largest absolute Gasteiger partial charge is 0.466 e. The van der Waals surface area contributed by atoms with Crippen molar-refractivity contribution in [3.63, 3.8) is 0 Å². The van der Waals surface area contributed by atoms with Crippen molar-refractivity contribution in [1.82, 2.24) is 10.2 Å². The number of piperidine rings is 1. The molecular formula is C20H27N3O5. The number of esters is 1. The van der Waals surface area contributed by atoms with E-state index in [1.54, 1.807) is 36.1 Å². The molecule has 2 amide bonds. The Morgan fingerprint density at radius 1 is 1.21 bits per heavy atom. The third-order valence-electron chi connectivity index (χ3n) is 5.02. The number of amides is 2. The van der Waals surface area contributed by atoms with Crippen LogP contribution in [0.2, 0.25) is 0 Å². The van der Waals surface area contributed by atoms with E-state index in [-0.39, 0.29) is 23.7 Å². The lowest BCUT2D eigenvalue weighted by Gasteiger charge is -2.31. The predicted octanol–water partition coefficient (Wildman–Crippen LogP) is 1.03. The number of carbonyl (C=O) groups excluding carboxylic acids is 3. The molecule has 0 aliphatic carbocycles. The van der Waals surface area contributed by atoms with E-state index in [2.05, 4.69) is 10.6 Å². The Morgan fingerprint density at radius 3 is 2.54 bits per heavy atom. The third-order valence-corrected chi connectivity index (χ3v) is 5.02. The van der Waals surface area contributed by atoms with Gasteiger partial charge in [-0.05, 0) is 44.0 Å². The number of anilines is 1. The summed E-state index contributed by atoms with van der Waals surface area (Å²) in [5.41, 5.74) is 1.18. The van der Waals surface area contributed by atoms with Crippen LogP contribution in [0.4, 0.5) is 5.69 Å². The summed E-state index contributed by atoms with van der Waals surface area (Å²) in [6.07, 6.45) is 0.734. The molecule has 1 aromatic carbocycles. The normalized spacial score (nSPS) is 20.5. The zero-order valence-electron chi connectivity index (χ0n) is 16.1. The number of nitrogens with zero attached hydrogens (tertiary/aromatic N) is 1. The summed E-state index contributed by atoms with van der Waals surface area (Å²) in [6, 6.07) is 6.84. The zero-order chi connectivity index (χ0) is 19.9. The van der Waals surface area contributed by atoms with Crippen LogP contribution in [-0.4, -0.2) is 68.2 Å². The molecule has 2 aliphatic rings. The first-order valence-corrected chi connectivity index (χ1v) is 9.77. The maximum Gasteiger partial charge on any atom is 0.309 e. The van der Waals surface area contributed by atoms with E-state index in [0.29, 0.717) is 56.9 Å². The number of benzene rings is 1. The fraction of sp³-hybridized carbons (Fsp3) is 0.550. The second kappa shape index (κ2) is 9.66. The lowest BCUT2D eigenvalue weighted by molar-refractivity contribution is -0.149. The van der Waals surface area contributed by atoms with E-state index in [1.165, 1.54) is 0 Å². The van der Waals surface area contributed by atoms with E-state index in [9.17, 15) is 14.4 Å². The third kappa shape index (κ3) is 5.08. The molecule has 8 nitrogen and oxygen atoms in total. The van der Waals surface area contributed by atoms with E-state index >= 15 is 0 Å². The van der Waals surface area contributed by atoms with Crippen LogP contribution in [0.1, 0.15) is 30.1 Å². The summed E-state index contributed by atoms with van der Waals surface area (Å²) in [6.45, 7) is 4.99. The topological polar surface area (TPSA) is 97.0 Å². The van der Waals surface area contributed by atoms with Crippen molar-refractivity contribution in [3.05, 3.63) is 29.8 Å². The molecule has 2 aliphatic heterocycles. The van der Waals surface area contributed by atoms with Gasteiger partial charge in [0.05, 0.1) is 19.1 Å². The minimum Gasteiger partial charge on any atom is -0.466 e. The maximum atomic E-state index is 12.7. The molecule has 2 saturated heterocycles. The van der Waals surface area contributed by atoms with E-state index < -0.39 is 6.10 Å². The van der Waals surface area contributed by atoms with Crippen LogP contribution in [0.15, 0.2) is 24.3 Å². The summed E-state index contributed by atoms with van der Waals surface area (Å²) < 4.78 is 10.5. The molecule has 2 heterocycles. The van der Waals surface area contributed by atoms with Gasteiger partial charge in [-0.3, -0.25) is 14.4 Å². The van der Waals surface area contributed by atoms with Gasteiger partial charge in [-0.25, -0.2) is 0 Å². The number of likely N-dealkylation sites (tertiary alicyclic amines) is 1. The van der Waals surface area contributed by atoms with Gasteiger partial charge in [0.25, 0.3) is 11.8 Å². The van der Waals surface area contributed by atoms with E-state index in [4.69, 9.17) is 9.47 Å². The fourth-order valence-electron chi connectivity index (χ4n) is 3.41. The second-order valence-electron chi connectivity index (χ2n) is 6.95. The molecule has 0 aromatic heterocycles. The molecule has 0 bridgehead atoms. The average Bonchev–Trinajstić information content (AvgIpc) is 2.74. The van der Waals surface area contributed by atoms with Gasteiger partial charge in [0, 0.05) is 37.4 Å². The van der Waals surface area contributed by atoms with Crippen molar-refractivity contribution >= 4 is 23.5 Å². The predicted molar refractivity (Wildman–Crippen MR) is 103 cm³/mol. The fourth-order valence-corrected chi connectivity index (χ4v) is 3.41. The first kappa shape index (κ1) is 20.3. The lowest BCUT2D eigenvalue weighted by Crippen LogP contribution is -2.45. The van der Waals surface area contributed by atoms with Crippen molar-refractivity contribution < 1.29 is 23.9 Å². The summed E-state index contributed by atoms with van der Waals surface area (Å²) in [5, 5.41) is 5.92. The SMILES string of the molecule is CCOC(=O)C1CCN(C(=O)c2ccc(NC(=O)C3CNCCO3)cc2)CC1. The number of carbonyl (C=O) groups is 3. The zero-order valence-corrected chi connectivity index (χ0v) is 16.1. The Balaban J connectivity index is 1.51. The van der Waals surface area contributed by atoms with Gasteiger partial charge < -0.3 is 25.0 Å². The van der Waals surface area contributed by atoms with Crippen molar-refractivity contribution in [1.29, 1.82) is 0 Å². The number of ether oxygens (including phenoxy) is 2. The van der Waals surface area contributed by atoms with Crippen LogP contribution < -0.4 is 10.6 Å². The highest BCUT2D eigenvalue weighted by molar-refractivity contribution is 5.97.